The van der Waals surface area contributed by atoms with Crippen molar-refractivity contribution in [3.05, 3.63) is 40.4 Å². The Morgan fingerprint density at radius 3 is 3.00 bits per heavy atom. The average Bonchev–Trinajstić information content (AvgIpc) is 3.01. The Balaban J connectivity index is 1.65. The van der Waals surface area contributed by atoms with Crippen LogP contribution in [-0.4, -0.2) is 41.6 Å². The van der Waals surface area contributed by atoms with Crippen molar-refractivity contribution in [1.29, 1.82) is 0 Å². The fraction of sp³-hybridized carbons (Fsp3) is 0.500. The number of amides is 1. The molecule has 146 valence electrons. The van der Waals surface area contributed by atoms with Crippen molar-refractivity contribution in [3.8, 4) is 11.3 Å². The van der Waals surface area contributed by atoms with Gasteiger partial charge in [0.15, 0.2) is 0 Å². The number of carbonyl (C=O) groups is 1. The van der Waals surface area contributed by atoms with Gasteiger partial charge in [-0.25, -0.2) is 4.39 Å². The fourth-order valence-electron chi connectivity index (χ4n) is 3.60. The lowest BCUT2D eigenvalue weighted by atomic mass is 10.0. The van der Waals surface area contributed by atoms with Crippen LogP contribution in [0.25, 0.3) is 11.3 Å². The summed E-state index contributed by atoms with van der Waals surface area (Å²) in [7, 11) is 0. The van der Waals surface area contributed by atoms with Crippen LogP contribution in [0.2, 0.25) is 5.02 Å². The van der Waals surface area contributed by atoms with Gasteiger partial charge >= 0.3 is 0 Å². The van der Waals surface area contributed by atoms with Crippen molar-refractivity contribution in [2.24, 2.45) is 0 Å². The Hall–Kier alpha value is -1.92. The number of piperidine rings is 1. The molecular formula is C20H25ClFN3O2. The highest BCUT2D eigenvalue weighted by atomic mass is 35.5. The smallest absolute Gasteiger partial charge is 0.257 e. The molecule has 0 spiro atoms. The SMILES string of the molecule is Cc1onc(-c2c(F)cccc2Cl)c1C(=O)NCCCN1CCCCC1C. The van der Waals surface area contributed by atoms with Crippen LogP contribution in [0.15, 0.2) is 22.7 Å². The van der Waals surface area contributed by atoms with E-state index in [0.29, 0.717) is 18.3 Å². The van der Waals surface area contributed by atoms with Crippen LogP contribution in [0.4, 0.5) is 4.39 Å². The van der Waals surface area contributed by atoms with Gasteiger partial charge in [-0.2, -0.15) is 0 Å². The maximum atomic E-state index is 14.2. The van der Waals surface area contributed by atoms with Gasteiger partial charge in [0.25, 0.3) is 5.91 Å². The lowest BCUT2D eigenvalue weighted by Gasteiger charge is -2.33. The topological polar surface area (TPSA) is 58.4 Å². The second kappa shape index (κ2) is 8.85. The van der Waals surface area contributed by atoms with E-state index in [2.05, 4.69) is 22.3 Å². The third kappa shape index (κ3) is 4.50. The number of carbonyl (C=O) groups excluding carboxylic acids is 1. The summed E-state index contributed by atoms with van der Waals surface area (Å²) in [6.07, 6.45) is 4.63. The maximum Gasteiger partial charge on any atom is 0.257 e. The molecule has 3 rings (SSSR count). The highest BCUT2D eigenvalue weighted by Gasteiger charge is 2.25. The van der Waals surface area contributed by atoms with E-state index in [4.69, 9.17) is 16.1 Å². The third-order valence-corrected chi connectivity index (χ3v) is 5.45. The number of nitrogens with one attached hydrogen (secondary N) is 1. The van der Waals surface area contributed by atoms with Gasteiger partial charge in [-0.1, -0.05) is 29.2 Å². The first-order chi connectivity index (χ1) is 13.0. The Morgan fingerprint density at radius 2 is 2.26 bits per heavy atom. The molecule has 1 atom stereocenters. The summed E-state index contributed by atoms with van der Waals surface area (Å²) in [5, 5.41) is 6.96. The van der Waals surface area contributed by atoms with Crippen LogP contribution in [0, 0.1) is 12.7 Å². The lowest BCUT2D eigenvalue weighted by Crippen LogP contribution is -2.39. The van der Waals surface area contributed by atoms with Crippen molar-refractivity contribution < 1.29 is 13.7 Å². The molecule has 1 amide bonds. The molecule has 1 N–H and O–H groups in total. The number of likely N-dealkylation sites (tertiary alicyclic amines) is 1. The molecule has 1 aromatic carbocycles. The van der Waals surface area contributed by atoms with E-state index in [1.165, 1.54) is 31.4 Å². The molecule has 1 saturated heterocycles. The molecule has 0 aliphatic carbocycles. The van der Waals surface area contributed by atoms with E-state index in [0.717, 1.165) is 19.5 Å². The van der Waals surface area contributed by atoms with Crippen LogP contribution in [0.1, 0.15) is 48.7 Å². The highest BCUT2D eigenvalue weighted by molar-refractivity contribution is 6.33. The summed E-state index contributed by atoms with van der Waals surface area (Å²) in [6.45, 7) is 6.50. The molecule has 1 aliphatic rings. The predicted molar refractivity (Wildman–Crippen MR) is 103 cm³/mol. The first-order valence-electron chi connectivity index (χ1n) is 9.42. The summed E-state index contributed by atoms with van der Waals surface area (Å²) in [4.78, 5) is 15.1. The zero-order valence-electron chi connectivity index (χ0n) is 15.7. The normalized spacial score (nSPS) is 17.9. The van der Waals surface area contributed by atoms with E-state index in [-0.39, 0.29) is 27.8 Å². The van der Waals surface area contributed by atoms with E-state index in [9.17, 15) is 9.18 Å². The van der Waals surface area contributed by atoms with Gasteiger partial charge in [-0.15, -0.1) is 0 Å². The number of halogens is 2. The van der Waals surface area contributed by atoms with Gasteiger partial charge in [0.1, 0.15) is 22.8 Å². The van der Waals surface area contributed by atoms with Crippen molar-refractivity contribution in [3.63, 3.8) is 0 Å². The fourth-order valence-corrected chi connectivity index (χ4v) is 3.85. The molecule has 5 nitrogen and oxygen atoms in total. The van der Waals surface area contributed by atoms with Gasteiger partial charge in [0, 0.05) is 19.1 Å². The summed E-state index contributed by atoms with van der Waals surface area (Å²) < 4.78 is 19.4. The van der Waals surface area contributed by atoms with Gasteiger partial charge < -0.3 is 14.7 Å². The molecule has 27 heavy (non-hydrogen) atoms. The largest absolute Gasteiger partial charge is 0.360 e. The molecule has 1 unspecified atom stereocenters. The van der Waals surface area contributed by atoms with Crippen LogP contribution in [0.5, 0.6) is 0 Å². The van der Waals surface area contributed by atoms with Gasteiger partial charge in [-0.3, -0.25) is 4.79 Å². The van der Waals surface area contributed by atoms with E-state index in [1.807, 2.05) is 0 Å². The molecule has 2 aromatic rings. The molecule has 0 bridgehead atoms. The minimum absolute atomic E-state index is 0.0864. The molecule has 0 saturated carbocycles. The Kier molecular flexibility index (Phi) is 6.50. The minimum Gasteiger partial charge on any atom is -0.360 e. The molecule has 2 heterocycles. The quantitative estimate of drug-likeness (QED) is 0.737. The molecular weight excluding hydrogens is 369 g/mol. The Bertz CT molecular complexity index is 788. The van der Waals surface area contributed by atoms with Gasteiger partial charge in [-0.05, 0) is 51.8 Å². The van der Waals surface area contributed by atoms with Crippen molar-refractivity contribution in [2.45, 2.75) is 45.6 Å². The number of hydrogen-bond acceptors (Lipinski definition) is 4. The lowest BCUT2D eigenvalue weighted by molar-refractivity contribution is 0.0948. The molecule has 7 heteroatoms. The number of nitrogens with zero attached hydrogens (tertiary/aromatic N) is 2. The summed E-state index contributed by atoms with van der Waals surface area (Å²) >= 11 is 6.12. The first kappa shape index (κ1) is 19.8. The van der Waals surface area contributed by atoms with Crippen LogP contribution in [0.3, 0.4) is 0 Å². The second-order valence-corrected chi connectivity index (χ2v) is 7.46. The summed E-state index contributed by atoms with van der Waals surface area (Å²) in [6, 6.07) is 4.96. The average molecular weight is 394 g/mol. The standard InChI is InChI=1S/C20H25ClFN3O2/c1-13-7-3-4-11-25(13)12-6-10-23-20(26)17-14(2)27-24-19(17)18-15(21)8-5-9-16(18)22/h5,8-9,13H,3-4,6-7,10-12H2,1-2H3,(H,23,26). The minimum atomic E-state index is -0.538. The van der Waals surface area contributed by atoms with Crippen LogP contribution >= 0.6 is 11.6 Å². The van der Waals surface area contributed by atoms with E-state index >= 15 is 0 Å². The van der Waals surface area contributed by atoms with Crippen LogP contribution < -0.4 is 5.32 Å². The number of rotatable bonds is 6. The monoisotopic (exact) mass is 393 g/mol. The summed E-state index contributed by atoms with van der Waals surface area (Å²) in [5.74, 6) is -0.523. The molecule has 1 aromatic heterocycles. The Morgan fingerprint density at radius 1 is 1.44 bits per heavy atom. The Labute approximate surface area is 163 Å². The predicted octanol–water partition coefficient (Wildman–Crippen LogP) is 4.44. The number of benzene rings is 1. The number of aryl methyl sites for hydroxylation is 1. The highest BCUT2D eigenvalue weighted by Crippen LogP contribution is 2.33. The first-order valence-corrected chi connectivity index (χ1v) is 9.79. The molecule has 1 aliphatic heterocycles. The van der Waals surface area contributed by atoms with Crippen LogP contribution in [-0.2, 0) is 0 Å². The number of hydrogen-bond donors (Lipinski definition) is 1. The number of aromatic nitrogens is 1. The maximum absolute atomic E-state index is 14.2. The van der Waals surface area contributed by atoms with Crippen molar-refractivity contribution in [1.82, 2.24) is 15.4 Å². The zero-order chi connectivity index (χ0) is 19.4. The van der Waals surface area contributed by atoms with Crippen molar-refractivity contribution in [2.75, 3.05) is 19.6 Å². The van der Waals surface area contributed by atoms with Gasteiger partial charge in [0.2, 0.25) is 0 Å². The molecule has 1 fully saturated rings. The van der Waals surface area contributed by atoms with E-state index < -0.39 is 5.82 Å². The van der Waals surface area contributed by atoms with Gasteiger partial charge in [0.05, 0.1) is 10.6 Å². The summed E-state index contributed by atoms with van der Waals surface area (Å²) in [5.41, 5.74) is 0.453. The second-order valence-electron chi connectivity index (χ2n) is 7.05. The van der Waals surface area contributed by atoms with Crippen molar-refractivity contribution >= 4 is 17.5 Å². The zero-order valence-corrected chi connectivity index (χ0v) is 16.5. The third-order valence-electron chi connectivity index (χ3n) is 5.14. The molecule has 0 radical (unpaired) electrons. The van der Waals surface area contributed by atoms with E-state index in [1.54, 1.807) is 13.0 Å².